The summed E-state index contributed by atoms with van der Waals surface area (Å²) in [5, 5.41) is 10.8. The number of hydrogen-bond donors (Lipinski definition) is 2. The van der Waals surface area contributed by atoms with Crippen LogP contribution in [0.4, 0.5) is 4.79 Å². The molecule has 1 unspecified atom stereocenters. The second kappa shape index (κ2) is 3.42. The number of carbonyl (C=O) groups excluding carboxylic acids is 2. The average molecular weight is 186 g/mol. The predicted molar refractivity (Wildman–Crippen MR) is 42.0 cm³/mol. The maximum absolute atomic E-state index is 11.1. The van der Waals surface area contributed by atoms with Crippen LogP contribution in [-0.2, 0) is 9.59 Å². The van der Waals surface area contributed by atoms with Crippen LogP contribution in [0.25, 0.3) is 0 Å². The zero-order valence-corrected chi connectivity index (χ0v) is 7.11. The van der Waals surface area contributed by atoms with Crippen molar-refractivity contribution in [1.29, 1.82) is 0 Å². The van der Waals surface area contributed by atoms with Crippen LogP contribution in [0.15, 0.2) is 0 Å². The van der Waals surface area contributed by atoms with Crippen LogP contribution in [0, 0.1) is 0 Å². The largest absolute Gasteiger partial charge is 0.480 e. The molecule has 1 atom stereocenters. The van der Waals surface area contributed by atoms with Crippen molar-refractivity contribution < 1.29 is 19.5 Å². The number of nitrogens with one attached hydrogen (secondary N) is 1. The molecule has 6 nitrogen and oxygen atoms in total. The summed E-state index contributed by atoms with van der Waals surface area (Å²) in [5.41, 5.74) is 0. The van der Waals surface area contributed by atoms with E-state index in [4.69, 9.17) is 5.11 Å². The molecule has 72 valence electrons. The monoisotopic (exact) mass is 186 g/mol. The fraction of sp³-hybridized carbons (Fsp3) is 0.571. The molecule has 0 bridgehead atoms. The van der Waals surface area contributed by atoms with E-state index in [-0.39, 0.29) is 13.0 Å². The zero-order valence-electron chi connectivity index (χ0n) is 7.11. The molecule has 2 N–H and O–H groups in total. The third kappa shape index (κ3) is 1.77. The lowest BCUT2D eigenvalue weighted by Gasteiger charge is -2.31. The van der Waals surface area contributed by atoms with Gasteiger partial charge in [0.2, 0.25) is 5.91 Å². The first-order valence-electron chi connectivity index (χ1n) is 3.89. The van der Waals surface area contributed by atoms with E-state index in [0.717, 1.165) is 4.90 Å². The van der Waals surface area contributed by atoms with Crippen molar-refractivity contribution in [2.75, 3.05) is 6.54 Å². The molecule has 1 fully saturated rings. The first kappa shape index (κ1) is 9.50. The van der Waals surface area contributed by atoms with Gasteiger partial charge in [-0.1, -0.05) is 0 Å². The van der Waals surface area contributed by atoms with Crippen molar-refractivity contribution in [2.24, 2.45) is 0 Å². The Morgan fingerprint density at radius 1 is 1.69 bits per heavy atom. The lowest BCUT2D eigenvalue weighted by atomic mass is 10.1. The summed E-state index contributed by atoms with van der Waals surface area (Å²) in [4.78, 5) is 33.7. The normalized spacial score (nSPS) is 22.8. The van der Waals surface area contributed by atoms with Crippen molar-refractivity contribution in [3.05, 3.63) is 0 Å². The number of carboxylic acids is 1. The number of nitrogens with zero attached hydrogens (tertiary/aromatic N) is 1. The fourth-order valence-electron chi connectivity index (χ4n) is 1.25. The van der Waals surface area contributed by atoms with Gasteiger partial charge in [-0.15, -0.1) is 0 Å². The van der Waals surface area contributed by atoms with Crippen molar-refractivity contribution in [2.45, 2.75) is 19.4 Å². The number of imide groups is 1. The van der Waals surface area contributed by atoms with E-state index in [2.05, 4.69) is 0 Å². The van der Waals surface area contributed by atoms with Gasteiger partial charge in [-0.3, -0.25) is 10.1 Å². The Balaban J connectivity index is 2.83. The molecule has 13 heavy (non-hydrogen) atoms. The Morgan fingerprint density at radius 2 is 2.31 bits per heavy atom. The van der Waals surface area contributed by atoms with Crippen LogP contribution in [-0.4, -0.2) is 40.5 Å². The van der Waals surface area contributed by atoms with E-state index in [1.165, 1.54) is 0 Å². The second-order valence-electron chi connectivity index (χ2n) is 2.70. The molecule has 0 radical (unpaired) electrons. The third-order valence-corrected chi connectivity index (χ3v) is 1.89. The molecule has 0 aliphatic carbocycles. The standard InChI is InChI=1S/C7H10N2O4/c1-2-9-4(6(11)12)3-5(10)8-7(9)13/h4H,2-3H2,1H3,(H,11,12)(H,8,10,13). The molecule has 0 aromatic carbocycles. The topological polar surface area (TPSA) is 86.7 Å². The third-order valence-electron chi connectivity index (χ3n) is 1.89. The lowest BCUT2D eigenvalue weighted by Crippen LogP contribution is -2.57. The van der Waals surface area contributed by atoms with Crippen LogP contribution < -0.4 is 5.32 Å². The molecule has 1 aliphatic rings. The molecule has 1 aliphatic heterocycles. The second-order valence-corrected chi connectivity index (χ2v) is 2.70. The first-order chi connectivity index (χ1) is 6.06. The summed E-state index contributed by atoms with van der Waals surface area (Å²) in [6.45, 7) is 1.93. The van der Waals surface area contributed by atoms with Gasteiger partial charge in [0.05, 0.1) is 6.42 Å². The van der Waals surface area contributed by atoms with Crippen LogP contribution in [0.2, 0.25) is 0 Å². The van der Waals surface area contributed by atoms with Gasteiger partial charge < -0.3 is 10.0 Å². The molecule has 3 amide bonds. The van der Waals surface area contributed by atoms with Crippen LogP contribution >= 0.6 is 0 Å². The van der Waals surface area contributed by atoms with E-state index in [1.807, 2.05) is 5.32 Å². The minimum Gasteiger partial charge on any atom is -0.480 e. The van der Waals surface area contributed by atoms with E-state index < -0.39 is 23.9 Å². The van der Waals surface area contributed by atoms with Gasteiger partial charge in [0.1, 0.15) is 6.04 Å². The summed E-state index contributed by atoms with van der Waals surface area (Å²) in [5.74, 6) is -1.69. The minimum atomic E-state index is -1.15. The molecule has 1 saturated heterocycles. The lowest BCUT2D eigenvalue weighted by molar-refractivity contribution is -0.145. The highest BCUT2D eigenvalue weighted by atomic mass is 16.4. The number of carboxylic acid groups (broad SMARTS) is 1. The summed E-state index contributed by atoms with van der Waals surface area (Å²) < 4.78 is 0. The molecule has 1 rings (SSSR count). The van der Waals surface area contributed by atoms with E-state index in [0.29, 0.717) is 0 Å². The number of likely N-dealkylation sites (N-methyl/N-ethyl adjacent to an activating group) is 1. The smallest absolute Gasteiger partial charge is 0.327 e. The van der Waals surface area contributed by atoms with Gasteiger partial charge >= 0.3 is 12.0 Å². The minimum absolute atomic E-state index is 0.172. The quantitative estimate of drug-likeness (QED) is 0.603. The highest BCUT2D eigenvalue weighted by Crippen LogP contribution is 2.09. The number of rotatable bonds is 2. The van der Waals surface area contributed by atoms with E-state index in [1.54, 1.807) is 6.92 Å². The van der Waals surface area contributed by atoms with Crippen LogP contribution in [0.5, 0.6) is 0 Å². The Morgan fingerprint density at radius 3 is 2.77 bits per heavy atom. The molecule has 0 spiro atoms. The van der Waals surface area contributed by atoms with Crippen molar-refractivity contribution >= 4 is 17.9 Å². The van der Waals surface area contributed by atoms with Gasteiger partial charge in [0.15, 0.2) is 0 Å². The predicted octanol–water partition coefficient (Wildman–Crippen LogP) is -0.599. The van der Waals surface area contributed by atoms with Gasteiger partial charge in [-0.25, -0.2) is 9.59 Å². The maximum atomic E-state index is 11.1. The highest BCUT2D eigenvalue weighted by Gasteiger charge is 2.35. The molecule has 1 heterocycles. The van der Waals surface area contributed by atoms with Gasteiger partial charge in [0.25, 0.3) is 0 Å². The van der Waals surface area contributed by atoms with Gasteiger partial charge in [-0.05, 0) is 6.92 Å². The number of urea groups is 1. The molecular weight excluding hydrogens is 176 g/mol. The summed E-state index contributed by atoms with van der Waals surface area (Å²) in [6, 6.07) is -1.66. The van der Waals surface area contributed by atoms with Crippen molar-refractivity contribution in [3.8, 4) is 0 Å². The number of amides is 3. The van der Waals surface area contributed by atoms with Crippen molar-refractivity contribution in [3.63, 3.8) is 0 Å². The molecule has 0 aromatic heterocycles. The average Bonchev–Trinajstić information content (AvgIpc) is 2.02. The maximum Gasteiger partial charge on any atom is 0.327 e. The summed E-state index contributed by atoms with van der Waals surface area (Å²) in [6.07, 6.45) is -0.172. The molecule has 6 heteroatoms. The first-order valence-corrected chi connectivity index (χ1v) is 3.89. The van der Waals surface area contributed by atoms with Gasteiger partial charge in [0, 0.05) is 6.54 Å². The summed E-state index contributed by atoms with van der Waals surface area (Å²) in [7, 11) is 0. The fourth-order valence-corrected chi connectivity index (χ4v) is 1.25. The Hall–Kier alpha value is -1.59. The summed E-state index contributed by atoms with van der Waals surface area (Å²) >= 11 is 0. The Bertz CT molecular complexity index is 263. The number of hydrogen-bond acceptors (Lipinski definition) is 3. The van der Waals surface area contributed by atoms with Crippen LogP contribution in [0.3, 0.4) is 0 Å². The van der Waals surface area contributed by atoms with Crippen LogP contribution in [0.1, 0.15) is 13.3 Å². The Kier molecular flexibility index (Phi) is 2.50. The Labute approximate surface area is 74.5 Å². The number of carbonyl (C=O) groups is 3. The van der Waals surface area contributed by atoms with Gasteiger partial charge in [-0.2, -0.15) is 0 Å². The van der Waals surface area contributed by atoms with E-state index >= 15 is 0 Å². The zero-order chi connectivity index (χ0) is 10.0. The van der Waals surface area contributed by atoms with E-state index in [9.17, 15) is 14.4 Å². The molecule has 0 saturated carbocycles. The van der Waals surface area contributed by atoms with Crippen molar-refractivity contribution in [1.82, 2.24) is 10.2 Å². The highest BCUT2D eigenvalue weighted by molar-refractivity contribution is 6.01. The number of aliphatic carboxylic acids is 1. The molecular formula is C7H10N2O4. The SMILES string of the molecule is CCN1C(=O)NC(=O)CC1C(=O)O. The molecule has 0 aromatic rings.